The maximum Gasteiger partial charge on any atom is 0.319 e. The summed E-state index contributed by atoms with van der Waals surface area (Å²) in [5.74, 6) is 0.843. The average Bonchev–Trinajstić information content (AvgIpc) is 2.95. The Hall–Kier alpha value is -2.54. The number of rotatable bonds is 5. The molecular weight excluding hydrogens is 330 g/mol. The molecular formula is C19H27N5O2. The van der Waals surface area contributed by atoms with Gasteiger partial charge in [0.25, 0.3) is 0 Å². The van der Waals surface area contributed by atoms with Crippen LogP contribution in [0.3, 0.4) is 0 Å². The SMILES string of the molecule is Cc1n[nH]c(C)c1CNC(=O)Nc1ccc(OC2CCN(C)CC2)cc1. The van der Waals surface area contributed by atoms with Gasteiger partial charge in [-0.05, 0) is 58.0 Å². The van der Waals surface area contributed by atoms with E-state index in [1.54, 1.807) is 0 Å². The first-order chi connectivity index (χ1) is 12.5. The molecule has 1 fully saturated rings. The minimum absolute atomic E-state index is 0.242. The number of aromatic nitrogens is 2. The molecule has 1 aromatic heterocycles. The number of hydrogen-bond acceptors (Lipinski definition) is 4. The van der Waals surface area contributed by atoms with E-state index in [1.807, 2.05) is 38.1 Å². The molecule has 0 atom stereocenters. The number of piperidine rings is 1. The maximum atomic E-state index is 12.1. The van der Waals surface area contributed by atoms with E-state index in [2.05, 4.69) is 32.8 Å². The van der Waals surface area contributed by atoms with Crippen molar-refractivity contribution in [3.8, 4) is 5.75 Å². The third kappa shape index (κ3) is 4.76. The summed E-state index contributed by atoms with van der Waals surface area (Å²) in [4.78, 5) is 14.4. The van der Waals surface area contributed by atoms with Gasteiger partial charge in [-0.1, -0.05) is 0 Å². The molecule has 1 aliphatic rings. The molecule has 1 aromatic carbocycles. The summed E-state index contributed by atoms with van der Waals surface area (Å²) >= 11 is 0. The number of likely N-dealkylation sites (tertiary alicyclic amines) is 1. The number of nitrogens with one attached hydrogen (secondary N) is 3. The zero-order chi connectivity index (χ0) is 18.5. The normalized spacial score (nSPS) is 15.7. The van der Waals surface area contributed by atoms with E-state index in [1.165, 1.54) is 0 Å². The zero-order valence-corrected chi connectivity index (χ0v) is 15.6. The van der Waals surface area contributed by atoms with Gasteiger partial charge < -0.3 is 20.3 Å². The first-order valence-electron chi connectivity index (χ1n) is 9.02. The Bertz CT molecular complexity index is 713. The topological polar surface area (TPSA) is 82.3 Å². The number of hydrogen-bond donors (Lipinski definition) is 3. The number of nitrogens with zero attached hydrogens (tertiary/aromatic N) is 2. The predicted molar refractivity (Wildman–Crippen MR) is 102 cm³/mol. The second-order valence-corrected chi connectivity index (χ2v) is 6.87. The lowest BCUT2D eigenvalue weighted by Crippen LogP contribution is -2.35. The zero-order valence-electron chi connectivity index (χ0n) is 15.6. The minimum atomic E-state index is -0.242. The van der Waals surface area contributed by atoms with E-state index in [0.29, 0.717) is 6.54 Å². The summed E-state index contributed by atoms with van der Waals surface area (Å²) < 4.78 is 6.02. The van der Waals surface area contributed by atoms with Crippen LogP contribution >= 0.6 is 0 Å². The largest absolute Gasteiger partial charge is 0.490 e. The van der Waals surface area contributed by atoms with Crippen LogP contribution in [-0.2, 0) is 6.54 Å². The lowest BCUT2D eigenvalue weighted by atomic mass is 10.1. The second-order valence-electron chi connectivity index (χ2n) is 6.87. The van der Waals surface area contributed by atoms with Gasteiger partial charge in [0, 0.05) is 36.6 Å². The van der Waals surface area contributed by atoms with Crippen molar-refractivity contribution in [1.29, 1.82) is 0 Å². The maximum absolute atomic E-state index is 12.1. The molecule has 0 radical (unpaired) electrons. The van der Waals surface area contributed by atoms with Crippen LogP contribution in [0.5, 0.6) is 5.75 Å². The quantitative estimate of drug-likeness (QED) is 0.768. The van der Waals surface area contributed by atoms with Gasteiger partial charge >= 0.3 is 6.03 Å². The Morgan fingerprint density at radius 3 is 2.58 bits per heavy atom. The van der Waals surface area contributed by atoms with Crippen LogP contribution in [0.4, 0.5) is 10.5 Å². The van der Waals surface area contributed by atoms with Crippen molar-refractivity contribution in [2.75, 3.05) is 25.5 Å². The van der Waals surface area contributed by atoms with Crippen molar-refractivity contribution in [3.05, 3.63) is 41.2 Å². The number of ether oxygens (including phenoxy) is 1. The van der Waals surface area contributed by atoms with Crippen LogP contribution in [0.25, 0.3) is 0 Å². The smallest absolute Gasteiger partial charge is 0.319 e. The van der Waals surface area contributed by atoms with Gasteiger partial charge in [0.15, 0.2) is 0 Å². The molecule has 7 nitrogen and oxygen atoms in total. The van der Waals surface area contributed by atoms with Gasteiger partial charge in [-0.3, -0.25) is 5.10 Å². The fourth-order valence-corrected chi connectivity index (χ4v) is 3.09. The average molecular weight is 357 g/mol. The molecule has 0 spiro atoms. The molecule has 2 aromatic rings. The Kier molecular flexibility index (Phi) is 5.78. The monoisotopic (exact) mass is 357 g/mol. The molecule has 0 aliphatic carbocycles. The van der Waals surface area contributed by atoms with E-state index >= 15 is 0 Å². The van der Waals surface area contributed by atoms with Crippen molar-refractivity contribution in [3.63, 3.8) is 0 Å². The molecule has 0 bridgehead atoms. The number of benzene rings is 1. The van der Waals surface area contributed by atoms with Crippen molar-refractivity contribution in [2.24, 2.45) is 0 Å². The second kappa shape index (κ2) is 8.23. The summed E-state index contributed by atoms with van der Waals surface area (Å²) in [6.07, 6.45) is 2.37. The van der Waals surface area contributed by atoms with Crippen LogP contribution in [0.15, 0.2) is 24.3 Å². The van der Waals surface area contributed by atoms with Crippen LogP contribution in [0.2, 0.25) is 0 Å². The summed E-state index contributed by atoms with van der Waals surface area (Å²) in [7, 11) is 2.14. The van der Waals surface area contributed by atoms with Crippen LogP contribution in [0.1, 0.15) is 29.8 Å². The summed E-state index contributed by atoms with van der Waals surface area (Å²) in [5, 5.41) is 12.7. The highest BCUT2D eigenvalue weighted by atomic mass is 16.5. The molecule has 3 N–H and O–H groups in total. The number of urea groups is 1. The van der Waals surface area contributed by atoms with Crippen molar-refractivity contribution in [1.82, 2.24) is 20.4 Å². The summed E-state index contributed by atoms with van der Waals surface area (Å²) in [6, 6.07) is 7.28. The Balaban J connectivity index is 1.47. The van der Waals surface area contributed by atoms with Gasteiger partial charge in [0.1, 0.15) is 11.9 Å². The standard InChI is InChI=1S/C19H27N5O2/c1-13-18(14(2)23-22-13)12-20-19(25)21-15-4-6-16(7-5-15)26-17-8-10-24(3)11-9-17/h4-7,17H,8-12H2,1-3H3,(H,22,23)(H2,20,21,25). The molecule has 0 unspecified atom stereocenters. The van der Waals surface area contributed by atoms with E-state index < -0.39 is 0 Å². The van der Waals surface area contributed by atoms with Gasteiger partial charge in [0.05, 0.1) is 5.69 Å². The highest BCUT2D eigenvalue weighted by Crippen LogP contribution is 2.20. The molecule has 26 heavy (non-hydrogen) atoms. The fourth-order valence-electron chi connectivity index (χ4n) is 3.09. The molecule has 7 heteroatoms. The third-order valence-electron chi connectivity index (χ3n) is 4.79. The first kappa shape index (κ1) is 18.3. The summed E-state index contributed by atoms with van der Waals surface area (Å²) in [5.41, 5.74) is 3.62. The first-order valence-corrected chi connectivity index (χ1v) is 9.02. The molecule has 3 rings (SSSR count). The van der Waals surface area contributed by atoms with E-state index in [4.69, 9.17) is 4.74 Å². The van der Waals surface area contributed by atoms with Crippen LogP contribution < -0.4 is 15.4 Å². The van der Waals surface area contributed by atoms with Gasteiger partial charge in [-0.25, -0.2) is 4.79 Å². The number of aromatic amines is 1. The molecule has 140 valence electrons. The van der Waals surface area contributed by atoms with E-state index in [9.17, 15) is 4.79 Å². The van der Waals surface area contributed by atoms with E-state index in [0.717, 1.165) is 54.3 Å². The molecule has 0 saturated carbocycles. The highest BCUT2D eigenvalue weighted by Gasteiger charge is 2.17. The van der Waals surface area contributed by atoms with Crippen molar-refractivity contribution in [2.45, 2.75) is 39.3 Å². The third-order valence-corrected chi connectivity index (χ3v) is 4.79. The number of carbonyl (C=O) groups excluding carboxylic acids is 1. The van der Waals surface area contributed by atoms with Crippen molar-refractivity contribution >= 4 is 11.7 Å². The molecule has 1 saturated heterocycles. The van der Waals surface area contributed by atoms with E-state index in [-0.39, 0.29) is 12.1 Å². The Morgan fingerprint density at radius 1 is 1.27 bits per heavy atom. The number of carbonyl (C=O) groups is 1. The molecule has 2 heterocycles. The number of anilines is 1. The Morgan fingerprint density at radius 2 is 1.96 bits per heavy atom. The summed E-state index contributed by atoms with van der Waals surface area (Å²) in [6.45, 7) is 6.44. The van der Waals surface area contributed by atoms with Crippen LogP contribution in [-0.4, -0.2) is 47.4 Å². The fraction of sp³-hybridized carbons (Fsp3) is 0.474. The number of H-pyrrole nitrogens is 1. The van der Waals surface area contributed by atoms with Crippen LogP contribution in [0, 0.1) is 13.8 Å². The lowest BCUT2D eigenvalue weighted by molar-refractivity contribution is 0.114. The molecule has 2 amide bonds. The molecule has 1 aliphatic heterocycles. The Labute approximate surface area is 154 Å². The number of aryl methyl sites for hydroxylation is 2. The lowest BCUT2D eigenvalue weighted by Gasteiger charge is -2.29. The van der Waals surface area contributed by atoms with Gasteiger partial charge in [-0.2, -0.15) is 5.10 Å². The number of amides is 2. The van der Waals surface area contributed by atoms with Crippen molar-refractivity contribution < 1.29 is 9.53 Å². The minimum Gasteiger partial charge on any atom is -0.490 e. The van der Waals surface area contributed by atoms with Gasteiger partial charge in [0.2, 0.25) is 0 Å². The highest BCUT2D eigenvalue weighted by molar-refractivity contribution is 5.89. The van der Waals surface area contributed by atoms with Gasteiger partial charge in [-0.15, -0.1) is 0 Å². The predicted octanol–water partition coefficient (Wildman–Crippen LogP) is 2.82.